The molecule has 4 rings (SSSR count). The first-order chi connectivity index (χ1) is 10.7. The Balaban J connectivity index is 1.93. The molecular formula is C15H15N5O2. The second-order valence-electron chi connectivity index (χ2n) is 5.59. The van der Waals surface area contributed by atoms with E-state index < -0.39 is 11.2 Å². The minimum absolute atomic E-state index is 0.311. The third-order valence-corrected chi connectivity index (χ3v) is 4.10. The highest BCUT2D eigenvalue weighted by molar-refractivity contribution is 5.83. The molecule has 112 valence electrons. The first kappa shape index (κ1) is 13.0. The Morgan fingerprint density at radius 2 is 2.14 bits per heavy atom. The van der Waals surface area contributed by atoms with Gasteiger partial charge in [0.05, 0.1) is 11.1 Å². The SMILES string of the molecule is CCn1cc(C2CC2)c2nnc(-c3c[nH]c(=O)[nH]c3=O)cc21. The van der Waals surface area contributed by atoms with Gasteiger partial charge < -0.3 is 9.55 Å². The van der Waals surface area contributed by atoms with Crippen molar-refractivity contribution in [3.05, 3.63) is 44.9 Å². The Bertz CT molecular complexity index is 977. The molecule has 1 saturated carbocycles. The molecule has 0 unspecified atom stereocenters. The lowest BCUT2D eigenvalue weighted by atomic mass is 10.1. The number of hydrogen-bond donors (Lipinski definition) is 2. The summed E-state index contributed by atoms with van der Waals surface area (Å²) >= 11 is 0. The molecule has 0 aromatic carbocycles. The zero-order valence-corrected chi connectivity index (χ0v) is 12.1. The number of aromatic nitrogens is 5. The topological polar surface area (TPSA) is 96.4 Å². The van der Waals surface area contributed by atoms with Crippen LogP contribution in [0.5, 0.6) is 0 Å². The zero-order valence-electron chi connectivity index (χ0n) is 12.1. The van der Waals surface area contributed by atoms with Gasteiger partial charge in [-0.2, -0.15) is 0 Å². The van der Waals surface area contributed by atoms with Crippen LogP contribution < -0.4 is 11.2 Å². The van der Waals surface area contributed by atoms with Gasteiger partial charge in [0.25, 0.3) is 5.56 Å². The molecule has 0 saturated heterocycles. The fourth-order valence-corrected chi connectivity index (χ4v) is 2.79. The van der Waals surface area contributed by atoms with Crippen molar-refractivity contribution in [1.29, 1.82) is 0 Å². The Labute approximate surface area is 125 Å². The van der Waals surface area contributed by atoms with Gasteiger partial charge in [-0.05, 0) is 31.7 Å². The number of rotatable bonds is 3. The molecule has 0 amide bonds. The van der Waals surface area contributed by atoms with E-state index in [1.807, 2.05) is 6.07 Å². The van der Waals surface area contributed by atoms with Crippen molar-refractivity contribution < 1.29 is 0 Å². The summed E-state index contributed by atoms with van der Waals surface area (Å²) in [5.41, 5.74) is 2.90. The summed E-state index contributed by atoms with van der Waals surface area (Å²) in [5.74, 6) is 0.590. The molecule has 22 heavy (non-hydrogen) atoms. The van der Waals surface area contributed by atoms with Crippen LogP contribution in [0.3, 0.4) is 0 Å². The second kappa shape index (κ2) is 4.66. The Hall–Kier alpha value is -2.70. The van der Waals surface area contributed by atoms with Crippen LogP contribution in [0, 0.1) is 0 Å². The molecule has 2 N–H and O–H groups in total. The van der Waals surface area contributed by atoms with Gasteiger partial charge in [-0.3, -0.25) is 9.78 Å². The minimum Gasteiger partial charge on any atom is -0.346 e. The van der Waals surface area contributed by atoms with Crippen molar-refractivity contribution in [2.75, 3.05) is 0 Å². The number of H-pyrrole nitrogens is 2. The first-order valence-corrected chi connectivity index (χ1v) is 7.36. The number of hydrogen-bond acceptors (Lipinski definition) is 4. The van der Waals surface area contributed by atoms with Crippen LogP contribution in [0.25, 0.3) is 22.3 Å². The van der Waals surface area contributed by atoms with Gasteiger partial charge >= 0.3 is 5.69 Å². The predicted molar refractivity (Wildman–Crippen MR) is 81.9 cm³/mol. The van der Waals surface area contributed by atoms with Gasteiger partial charge in [0.2, 0.25) is 0 Å². The molecule has 3 aromatic rings. The summed E-state index contributed by atoms with van der Waals surface area (Å²) in [4.78, 5) is 27.7. The number of fused-ring (bicyclic) bond motifs is 1. The fourth-order valence-electron chi connectivity index (χ4n) is 2.79. The lowest BCUT2D eigenvalue weighted by molar-refractivity contribution is 0.791. The summed E-state index contributed by atoms with van der Waals surface area (Å²) < 4.78 is 2.13. The van der Waals surface area contributed by atoms with Crippen LogP contribution >= 0.6 is 0 Å². The average molecular weight is 297 g/mol. The molecule has 1 fully saturated rings. The molecule has 0 aliphatic heterocycles. The molecule has 0 bridgehead atoms. The van der Waals surface area contributed by atoms with Crippen LogP contribution in [0.1, 0.15) is 31.2 Å². The van der Waals surface area contributed by atoms with Crippen molar-refractivity contribution in [3.8, 4) is 11.3 Å². The standard InChI is InChI=1S/C15H15N5O2/c1-2-20-7-10(8-3-4-8)13-12(20)5-11(18-19-13)9-6-16-15(22)17-14(9)21/h5-8H,2-4H2,1H3,(H2,16,17,21,22). The number of aryl methyl sites for hydroxylation is 1. The molecule has 0 spiro atoms. The van der Waals surface area contributed by atoms with E-state index in [-0.39, 0.29) is 0 Å². The van der Waals surface area contributed by atoms with Gasteiger partial charge in [0.15, 0.2) is 0 Å². The summed E-state index contributed by atoms with van der Waals surface area (Å²) in [6, 6.07) is 1.86. The van der Waals surface area contributed by atoms with Crippen molar-refractivity contribution >= 4 is 11.0 Å². The Kier molecular flexibility index (Phi) is 2.75. The normalized spacial score (nSPS) is 14.6. The average Bonchev–Trinajstić information content (AvgIpc) is 3.28. The number of aromatic amines is 2. The highest BCUT2D eigenvalue weighted by Gasteiger charge is 2.28. The summed E-state index contributed by atoms with van der Waals surface area (Å²) in [6.07, 6.45) is 5.91. The minimum atomic E-state index is -0.532. The largest absolute Gasteiger partial charge is 0.346 e. The molecule has 7 heteroatoms. The maximum absolute atomic E-state index is 11.9. The van der Waals surface area contributed by atoms with E-state index in [0.29, 0.717) is 17.2 Å². The van der Waals surface area contributed by atoms with E-state index >= 15 is 0 Å². The number of nitrogens with zero attached hydrogens (tertiary/aromatic N) is 3. The van der Waals surface area contributed by atoms with E-state index in [1.54, 1.807) is 0 Å². The molecule has 1 aliphatic rings. The van der Waals surface area contributed by atoms with Gasteiger partial charge in [0, 0.05) is 24.5 Å². The summed E-state index contributed by atoms with van der Waals surface area (Å²) in [7, 11) is 0. The third-order valence-electron chi connectivity index (χ3n) is 4.10. The van der Waals surface area contributed by atoms with Crippen LogP contribution in [-0.2, 0) is 6.54 Å². The van der Waals surface area contributed by atoms with Gasteiger partial charge in [-0.25, -0.2) is 4.79 Å². The van der Waals surface area contributed by atoms with Gasteiger partial charge in [-0.1, -0.05) is 0 Å². The summed E-state index contributed by atoms with van der Waals surface area (Å²) in [6.45, 7) is 2.90. The third kappa shape index (κ3) is 1.97. The van der Waals surface area contributed by atoms with E-state index in [0.717, 1.165) is 17.6 Å². The maximum Gasteiger partial charge on any atom is 0.325 e. The molecule has 7 nitrogen and oxygen atoms in total. The lowest BCUT2D eigenvalue weighted by Gasteiger charge is -2.02. The van der Waals surface area contributed by atoms with E-state index in [9.17, 15) is 9.59 Å². The Morgan fingerprint density at radius 1 is 1.32 bits per heavy atom. The monoisotopic (exact) mass is 297 g/mol. The fraction of sp³-hybridized carbons (Fsp3) is 0.333. The molecule has 3 heterocycles. The number of nitrogens with one attached hydrogen (secondary N) is 2. The van der Waals surface area contributed by atoms with Crippen molar-refractivity contribution in [2.45, 2.75) is 32.2 Å². The van der Waals surface area contributed by atoms with Gasteiger partial charge in [0.1, 0.15) is 11.2 Å². The predicted octanol–water partition coefficient (Wildman–Crippen LogP) is 1.37. The van der Waals surface area contributed by atoms with Crippen LogP contribution in [0.15, 0.2) is 28.0 Å². The lowest BCUT2D eigenvalue weighted by Crippen LogP contribution is -2.22. The van der Waals surface area contributed by atoms with Crippen molar-refractivity contribution in [1.82, 2.24) is 24.7 Å². The second-order valence-corrected chi connectivity index (χ2v) is 5.59. The Morgan fingerprint density at radius 3 is 2.82 bits per heavy atom. The van der Waals surface area contributed by atoms with E-state index in [4.69, 9.17) is 0 Å². The molecule has 0 atom stereocenters. The maximum atomic E-state index is 11.9. The quantitative estimate of drug-likeness (QED) is 0.763. The molecular weight excluding hydrogens is 282 g/mol. The van der Waals surface area contributed by atoms with E-state index in [2.05, 4.69) is 37.9 Å². The highest BCUT2D eigenvalue weighted by atomic mass is 16.2. The molecule has 0 radical (unpaired) electrons. The van der Waals surface area contributed by atoms with Crippen LogP contribution in [0.4, 0.5) is 0 Å². The highest BCUT2D eigenvalue weighted by Crippen LogP contribution is 2.43. The van der Waals surface area contributed by atoms with Crippen LogP contribution in [-0.4, -0.2) is 24.7 Å². The molecule has 1 aliphatic carbocycles. The van der Waals surface area contributed by atoms with Crippen LogP contribution in [0.2, 0.25) is 0 Å². The van der Waals surface area contributed by atoms with Gasteiger partial charge in [-0.15, -0.1) is 10.2 Å². The smallest absolute Gasteiger partial charge is 0.325 e. The van der Waals surface area contributed by atoms with Crippen molar-refractivity contribution in [2.24, 2.45) is 0 Å². The molecule has 3 aromatic heterocycles. The van der Waals surface area contributed by atoms with Crippen molar-refractivity contribution in [3.63, 3.8) is 0 Å². The summed E-state index contributed by atoms with van der Waals surface area (Å²) in [5, 5.41) is 8.52. The van der Waals surface area contributed by atoms with E-state index in [1.165, 1.54) is 24.6 Å². The zero-order chi connectivity index (χ0) is 15.3. The first-order valence-electron chi connectivity index (χ1n) is 7.36.